The number of rotatable bonds is 5. The van der Waals surface area contributed by atoms with Crippen LogP contribution >= 0.6 is 23.4 Å². The SMILES string of the molecule is C[C@H](Sc1ncnc2ccccc12)C(=O)Nc1cc([N+](=O)[O-])ccc1Cl. The summed E-state index contributed by atoms with van der Waals surface area (Å²) in [5, 5.41) is 14.8. The number of hydrogen-bond donors (Lipinski definition) is 1. The maximum Gasteiger partial charge on any atom is 0.271 e. The van der Waals surface area contributed by atoms with Gasteiger partial charge in [-0.3, -0.25) is 14.9 Å². The highest BCUT2D eigenvalue weighted by atomic mass is 35.5. The molecule has 2 aromatic carbocycles. The Labute approximate surface area is 157 Å². The highest BCUT2D eigenvalue weighted by Gasteiger charge is 2.19. The molecule has 0 radical (unpaired) electrons. The summed E-state index contributed by atoms with van der Waals surface area (Å²) in [6.45, 7) is 1.72. The van der Waals surface area contributed by atoms with Crippen LogP contribution in [0.1, 0.15) is 6.92 Å². The largest absolute Gasteiger partial charge is 0.324 e. The summed E-state index contributed by atoms with van der Waals surface area (Å²) < 4.78 is 0. The number of benzene rings is 2. The summed E-state index contributed by atoms with van der Waals surface area (Å²) in [5.74, 6) is -0.333. The number of thioether (sulfide) groups is 1. The van der Waals surface area contributed by atoms with Crippen molar-refractivity contribution in [2.75, 3.05) is 5.32 Å². The Hall–Kier alpha value is -2.71. The zero-order valence-corrected chi connectivity index (χ0v) is 15.1. The van der Waals surface area contributed by atoms with Crippen LogP contribution in [0.5, 0.6) is 0 Å². The molecule has 0 saturated carbocycles. The first-order valence-corrected chi connectivity index (χ1v) is 8.82. The Kier molecular flexibility index (Phi) is 5.34. The van der Waals surface area contributed by atoms with Gasteiger partial charge in [0.25, 0.3) is 5.69 Å². The third-order valence-corrected chi connectivity index (χ3v) is 5.03. The highest BCUT2D eigenvalue weighted by molar-refractivity contribution is 8.00. The van der Waals surface area contributed by atoms with E-state index in [0.29, 0.717) is 5.03 Å². The second kappa shape index (κ2) is 7.67. The van der Waals surface area contributed by atoms with E-state index in [1.807, 2.05) is 24.3 Å². The molecule has 9 heteroatoms. The number of para-hydroxylation sites is 1. The summed E-state index contributed by atoms with van der Waals surface area (Å²) in [6, 6.07) is 11.4. The lowest BCUT2D eigenvalue weighted by Gasteiger charge is -2.13. The standard InChI is InChI=1S/C17H13ClN4O3S/c1-10(26-17-12-4-2-3-5-14(12)19-9-20-17)16(23)21-15-8-11(22(24)25)6-7-13(15)18/h2-10H,1H3,(H,21,23)/t10-/m0/s1. The van der Waals surface area contributed by atoms with Gasteiger partial charge in [0.15, 0.2) is 0 Å². The molecule has 0 spiro atoms. The van der Waals surface area contributed by atoms with E-state index in [1.165, 1.54) is 36.3 Å². The average Bonchev–Trinajstić information content (AvgIpc) is 2.63. The summed E-state index contributed by atoms with van der Waals surface area (Å²) in [7, 11) is 0. The minimum atomic E-state index is -0.544. The van der Waals surface area contributed by atoms with E-state index in [0.717, 1.165) is 10.9 Å². The number of anilines is 1. The summed E-state index contributed by atoms with van der Waals surface area (Å²) in [4.78, 5) is 31.3. The molecule has 26 heavy (non-hydrogen) atoms. The normalized spacial score (nSPS) is 11.9. The number of nitro benzene ring substituents is 1. The van der Waals surface area contributed by atoms with Crippen molar-refractivity contribution < 1.29 is 9.72 Å². The minimum Gasteiger partial charge on any atom is -0.324 e. The fraction of sp³-hybridized carbons (Fsp3) is 0.118. The van der Waals surface area contributed by atoms with Crippen molar-refractivity contribution >= 4 is 51.5 Å². The lowest BCUT2D eigenvalue weighted by atomic mass is 10.2. The molecule has 0 unspecified atom stereocenters. The smallest absolute Gasteiger partial charge is 0.271 e. The van der Waals surface area contributed by atoms with Crippen molar-refractivity contribution in [3.05, 3.63) is 63.9 Å². The Morgan fingerprint density at radius 2 is 2.04 bits per heavy atom. The lowest BCUT2D eigenvalue weighted by molar-refractivity contribution is -0.384. The molecule has 0 fully saturated rings. The Morgan fingerprint density at radius 3 is 2.81 bits per heavy atom. The molecule has 1 N–H and O–H groups in total. The van der Waals surface area contributed by atoms with Gasteiger partial charge in [-0.05, 0) is 19.1 Å². The van der Waals surface area contributed by atoms with Gasteiger partial charge < -0.3 is 5.32 Å². The molecule has 0 aliphatic heterocycles. The maximum absolute atomic E-state index is 12.5. The molecular weight excluding hydrogens is 376 g/mol. The first-order valence-electron chi connectivity index (χ1n) is 7.57. The maximum atomic E-state index is 12.5. The fourth-order valence-corrected chi connectivity index (χ4v) is 3.33. The van der Waals surface area contributed by atoms with Gasteiger partial charge >= 0.3 is 0 Å². The number of carbonyl (C=O) groups is 1. The van der Waals surface area contributed by atoms with E-state index >= 15 is 0 Å². The van der Waals surface area contributed by atoms with Gasteiger partial charge in [-0.2, -0.15) is 0 Å². The van der Waals surface area contributed by atoms with Gasteiger partial charge in [-0.1, -0.05) is 41.6 Å². The first-order chi connectivity index (χ1) is 12.5. The molecule has 0 bridgehead atoms. The van der Waals surface area contributed by atoms with Crippen molar-refractivity contribution in [3.63, 3.8) is 0 Å². The second-order valence-electron chi connectivity index (χ2n) is 5.37. The summed E-state index contributed by atoms with van der Waals surface area (Å²) in [6.07, 6.45) is 1.45. The van der Waals surface area contributed by atoms with Crippen LogP contribution in [0.4, 0.5) is 11.4 Å². The fourth-order valence-electron chi connectivity index (χ4n) is 2.25. The van der Waals surface area contributed by atoms with Crippen LogP contribution in [0, 0.1) is 10.1 Å². The summed E-state index contributed by atoms with van der Waals surface area (Å²) in [5.41, 5.74) is 0.844. The number of fused-ring (bicyclic) bond motifs is 1. The van der Waals surface area contributed by atoms with E-state index in [-0.39, 0.29) is 22.3 Å². The van der Waals surface area contributed by atoms with Crippen LogP contribution in [0.25, 0.3) is 10.9 Å². The van der Waals surface area contributed by atoms with Crippen molar-refractivity contribution in [2.24, 2.45) is 0 Å². The minimum absolute atomic E-state index is 0.146. The van der Waals surface area contributed by atoms with Crippen LogP contribution in [0.15, 0.2) is 53.8 Å². The summed E-state index contributed by atoms with van der Waals surface area (Å²) >= 11 is 7.30. The molecule has 1 aromatic heterocycles. The number of non-ortho nitro benzene ring substituents is 1. The number of nitro groups is 1. The topological polar surface area (TPSA) is 98.0 Å². The molecule has 3 rings (SSSR count). The van der Waals surface area contributed by atoms with E-state index in [1.54, 1.807) is 6.92 Å². The molecule has 0 aliphatic rings. The predicted octanol–water partition coefficient (Wildman–Crippen LogP) is 4.31. The van der Waals surface area contributed by atoms with Gasteiger partial charge in [0.1, 0.15) is 11.4 Å². The Balaban J connectivity index is 1.78. The molecule has 1 heterocycles. The van der Waals surface area contributed by atoms with Crippen molar-refractivity contribution in [2.45, 2.75) is 17.2 Å². The van der Waals surface area contributed by atoms with E-state index in [9.17, 15) is 14.9 Å². The number of nitrogens with zero attached hydrogens (tertiary/aromatic N) is 3. The molecule has 0 aliphatic carbocycles. The lowest BCUT2D eigenvalue weighted by Crippen LogP contribution is -2.22. The van der Waals surface area contributed by atoms with Crippen LogP contribution < -0.4 is 5.32 Å². The quantitative estimate of drug-likeness (QED) is 0.302. The van der Waals surface area contributed by atoms with Gasteiger partial charge in [0, 0.05) is 17.5 Å². The average molecular weight is 389 g/mol. The molecule has 132 valence electrons. The van der Waals surface area contributed by atoms with Gasteiger partial charge in [0.2, 0.25) is 5.91 Å². The predicted molar refractivity (Wildman–Crippen MR) is 102 cm³/mol. The van der Waals surface area contributed by atoms with E-state index < -0.39 is 10.2 Å². The zero-order chi connectivity index (χ0) is 18.7. The van der Waals surface area contributed by atoms with Gasteiger partial charge in [0.05, 0.1) is 26.4 Å². The number of nitrogens with one attached hydrogen (secondary N) is 1. The first kappa shape index (κ1) is 18.1. The van der Waals surface area contributed by atoms with Gasteiger partial charge in [-0.15, -0.1) is 0 Å². The molecule has 7 nitrogen and oxygen atoms in total. The van der Waals surface area contributed by atoms with Gasteiger partial charge in [-0.25, -0.2) is 9.97 Å². The van der Waals surface area contributed by atoms with Crippen molar-refractivity contribution in [3.8, 4) is 0 Å². The monoisotopic (exact) mass is 388 g/mol. The Bertz CT molecular complexity index is 993. The van der Waals surface area contributed by atoms with Crippen molar-refractivity contribution in [1.82, 2.24) is 9.97 Å². The number of amides is 1. The highest BCUT2D eigenvalue weighted by Crippen LogP contribution is 2.30. The number of carbonyl (C=O) groups excluding carboxylic acids is 1. The van der Waals surface area contributed by atoms with Crippen LogP contribution in [-0.2, 0) is 4.79 Å². The van der Waals surface area contributed by atoms with Crippen molar-refractivity contribution in [1.29, 1.82) is 0 Å². The number of halogens is 1. The van der Waals surface area contributed by atoms with Crippen LogP contribution in [0.3, 0.4) is 0 Å². The van der Waals surface area contributed by atoms with Crippen LogP contribution in [-0.4, -0.2) is 26.0 Å². The second-order valence-corrected chi connectivity index (χ2v) is 7.10. The number of aromatic nitrogens is 2. The Morgan fingerprint density at radius 1 is 1.27 bits per heavy atom. The van der Waals surface area contributed by atoms with E-state index in [4.69, 9.17) is 11.6 Å². The molecule has 3 aromatic rings. The van der Waals surface area contributed by atoms with E-state index in [2.05, 4.69) is 15.3 Å². The molecule has 1 amide bonds. The molecule has 0 saturated heterocycles. The zero-order valence-electron chi connectivity index (χ0n) is 13.5. The third kappa shape index (κ3) is 3.92. The molecular formula is C17H13ClN4O3S. The number of hydrogen-bond acceptors (Lipinski definition) is 6. The molecule has 1 atom stereocenters. The third-order valence-electron chi connectivity index (χ3n) is 3.58. The van der Waals surface area contributed by atoms with Crippen LogP contribution in [0.2, 0.25) is 5.02 Å².